The molecule has 0 spiro atoms. The van der Waals surface area contributed by atoms with Gasteiger partial charge < -0.3 is 9.84 Å². The van der Waals surface area contributed by atoms with Crippen molar-refractivity contribution in [1.29, 1.82) is 0 Å². The van der Waals surface area contributed by atoms with Gasteiger partial charge in [-0.25, -0.2) is 4.79 Å². The second-order valence-electron chi connectivity index (χ2n) is 5.18. The number of benzene rings is 1. The SMILES string of the molecule is CC[C@@H](C)N1C(=O)S/C(=C/c2ccc(OCC(=O)O)c(Br)c2)C1=O. The Morgan fingerprint density at radius 3 is 2.75 bits per heavy atom. The largest absolute Gasteiger partial charge is 0.481 e. The van der Waals surface area contributed by atoms with Crippen LogP contribution < -0.4 is 4.74 Å². The van der Waals surface area contributed by atoms with Crippen LogP contribution in [0, 0.1) is 0 Å². The van der Waals surface area contributed by atoms with Crippen molar-refractivity contribution in [2.75, 3.05) is 6.61 Å². The molecule has 0 aromatic heterocycles. The van der Waals surface area contributed by atoms with Gasteiger partial charge in [0.15, 0.2) is 6.61 Å². The lowest BCUT2D eigenvalue weighted by molar-refractivity contribution is -0.139. The number of carboxylic acid groups (broad SMARTS) is 1. The van der Waals surface area contributed by atoms with Gasteiger partial charge in [0.2, 0.25) is 0 Å². The normalized spacial score (nSPS) is 17.5. The van der Waals surface area contributed by atoms with E-state index >= 15 is 0 Å². The highest BCUT2D eigenvalue weighted by molar-refractivity contribution is 9.10. The smallest absolute Gasteiger partial charge is 0.341 e. The third kappa shape index (κ3) is 4.18. The molecule has 1 aromatic rings. The van der Waals surface area contributed by atoms with E-state index in [1.807, 2.05) is 13.8 Å². The van der Waals surface area contributed by atoms with E-state index in [0.717, 1.165) is 11.8 Å². The standard InChI is InChI=1S/C16H16BrNO5S/c1-3-9(2)18-15(21)13(24-16(18)22)7-10-4-5-12(11(17)6-10)23-8-14(19)20/h4-7,9H,3,8H2,1-2H3,(H,19,20)/b13-7+/t9-/m1/s1. The van der Waals surface area contributed by atoms with E-state index in [2.05, 4.69) is 15.9 Å². The number of halogens is 1. The monoisotopic (exact) mass is 413 g/mol. The first-order valence-electron chi connectivity index (χ1n) is 7.24. The van der Waals surface area contributed by atoms with Crippen molar-refractivity contribution in [1.82, 2.24) is 4.90 Å². The number of ether oxygens (including phenoxy) is 1. The van der Waals surface area contributed by atoms with Gasteiger partial charge in [-0.15, -0.1) is 0 Å². The Labute approximate surface area is 152 Å². The molecule has 1 heterocycles. The zero-order chi connectivity index (χ0) is 17.9. The van der Waals surface area contributed by atoms with E-state index in [1.54, 1.807) is 24.3 Å². The molecule has 1 aliphatic rings. The first kappa shape index (κ1) is 18.5. The van der Waals surface area contributed by atoms with E-state index in [0.29, 0.717) is 27.1 Å². The number of aliphatic carboxylic acids is 1. The number of hydrogen-bond donors (Lipinski definition) is 1. The lowest BCUT2D eigenvalue weighted by Gasteiger charge is -2.19. The molecule has 128 valence electrons. The van der Waals surface area contributed by atoms with Crippen molar-refractivity contribution in [3.8, 4) is 5.75 Å². The lowest BCUT2D eigenvalue weighted by Crippen LogP contribution is -2.36. The van der Waals surface area contributed by atoms with Gasteiger partial charge in [-0.1, -0.05) is 13.0 Å². The second kappa shape index (κ2) is 7.85. The number of imide groups is 1. The Morgan fingerprint density at radius 2 is 2.17 bits per heavy atom. The van der Waals surface area contributed by atoms with Crippen molar-refractivity contribution in [3.05, 3.63) is 33.1 Å². The summed E-state index contributed by atoms with van der Waals surface area (Å²) in [6, 6.07) is 4.87. The van der Waals surface area contributed by atoms with Crippen LogP contribution in [0.2, 0.25) is 0 Å². The number of amides is 2. The van der Waals surface area contributed by atoms with E-state index in [-0.39, 0.29) is 17.2 Å². The van der Waals surface area contributed by atoms with Crippen LogP contribution in [0.15, 0.2) is 27.6 Å². The molecule has 2 amide bonds. The maximum absolute atomic E-state index is 12.4. The molecule has 1 atom stereocenters. The molecule has 0 aliphatic carbocycles. The Hall–Kier alpha value is -1.80. The summed E-state index contributed by atoms with van der Waals surface area (Å²) in [7, 11) is 0. The average Bonchev–Trinajstić information content (AvgIpc) is 2.79. The predicted molar refractivity (Wildman–Crippen MR) is 94.8 cm³/mol. The molecule has 8 heteroatoms. The molecule has 1 N–H and O–H groups in total. The molecule has 24 heavy (non-hydrogen) atoms. The summed E-state index contributed by atoms with van der Waals surface area (Å²) >= 11 is 4.22. The van der Waals surface area contributed by atoms with Gasteiger partial charge in [-0.05, 0) is 64.8 Å². The van der Waals surface area contributed by atoms with Crippen molar-refractivity contribution in [3.63, 3.8) is 0 Å². The van der Waals surface area contributed by atoms with E-state index in [1.165, 1.54) is 4.90 Å². The van der Waals surface area contributed by atoms with E-state index in [9.17, 15) is 14.4 Å². The van der Waals surface area contributed by atoms with E-state index in [4.69, 9.17) is 9.84 Å². The van der Waals surface area contributed by atoms with Crippen LogP contribution in [-0.2, 0) is 9.59 Å². The Bertz CT molecular complexity index is 718. The topological polar surface area (TPSA) is 83.9 Å². The fraction of sp³-hybridized carbons (Fsp3) is 0.312. The molecule has 2 rings (SSSR count). The minimum atomic E-state index is -1.07. The molecule has 1 aliphatic heterocycles. The van der Waals surface area contributed by atoms with Crippen LogP contribution in [0.1, 0.15) is 25.8 Å². The number of carbonyl (C=O) groups is 3. The van der Waals surface area contributed by atoms with Crippen LogP contribution in [0.25, 0.3) is 6.08 Å². The van der Waals surface area contributed by atoms with Crippen molar-refractivity contribution < 1.29 is 24.2 Å². The molecule has 1 aromatic carbocycles. The van der Waals surface area contributed by atoms with Crippen LogP contribution >= 0.6 is 27.7 Å². The number of rotatable bonds is 6. The van der Waals surface area contributed by atoms with Crippen molar-refractivity contribution >= 4 is 50.9 Å². The minimum absolute atomic E-state index is 0.137. The molecular formula is C16H16BrNO5S. The molecule has 6 nitrogen and oxygen atoms in total. The summed E-state index contributed by atoms with van der Waals surface area (Å²) in [5.41, 5.74) is 0.708. The molecular weight excluding hydrogens is 398 g/mol. The molecule has 1 saturated heterocycles. The molecule has 0 unspecified atom stereocenters. The summed E-state index contributed by atoms with van der Waals surface area (Å²) in [5.74, 6) is -0.964. The highest BCUT2D eigenvalue weighted by atomic mass is 79.9. The van der Waals surface area contributed by atoms with Gasteiger partial charge in [0.05, 0.1) is 9.38 Å². The fourth-order valence-electron chi connectivity index (χ4n) is 2.06. The number of hydrogen-bond acceptors (Lipinski definition) is 5. The Kier molecular flexibility index (Phi) is 6.06. The van der Waals surface area contributed by atoms with Gasteiger partial charge in [0, 0.05) is 6.04 Å². The fourth-order valence-corrected chi connectivity index (χ4v) is 3.50. The number of thioether (sulfide) groups is 1. The predicted octanol–water partition coefficient (Wildman–Crippen LogP) is 3.75. The minimum Gasteiger partial charge on any atom is -0.481 e. The third-order valence-electron chi connectivity index (χ3n) is 3.46. The number of nitrogens with zero attached hydrogens (tertiary/aromatic N) is 1. The zero-order valence-corrected chi connectivity index (χ0v) is 15.5. The number of carboxylic acids is 1. The number of carbonyl (C=O) groups excluding carboxylic acids is 2. The maximum Gasteiger partial charge on any atom is 0.341 e. The van der Waals surface area contributed by atoms with Crippen LogP contribution in [-0.4, -0.2) is 39.8 Å². The molecule has 0 bridgehead atoms. The highest BCUT2D eigenvalue weighted by Crippen LogP contribution is 2.35. The average molecular weight is 414 g/mol. The third-order valence-corrected chi connectivity index (χ3v) is 4.96. The van der Waals surface area contributed by atoms with Crippen molar-refractivity contribution in [2.24, 2.45) is 0 Å². The summed E-state index contributed by atoms with van der Waals surface area (Å²) < 4.78 is 5.69. The van der Waals surface area contributed by atoms with Gasteiger partial charge in [0.1, 0.15) is 5.75 Å². The van der Waals surface area contributed by atoms with Gasteiger partial charge in [0.25, 0.3) is 11.1 Å². The van der Waals surface area contributed by atoms with Crippen molar-refractivity contribution in [2.45, 2.75) is 26.3 Å². The van der Waals surface area contributed by atoms with Crippen LogP contribution in [0.3, 0.4) is 0 Å². The summed E-state index contributed by atoms with van der Waals surface area (Å²) in [6.45, 7) is 3.32. The van der Waals surface area contributed by atoms with Crippen LogP contribution in [0.4, 0.5) is 4.79 Å². The van der Waals surface area contributed by atoms with Crippen LogP contribution in [0.5, 0.6) is 5.75 Å². The zero-order valence-electron chi connectivity index (χ0n) is 13.1. The second-order valence-corrected chi connectivity index (χ2v) is 7.03. The van der Waals surface area contributed by atoms with E-state index < -0.39 is 12.6 Å². The molecule has 0 saturated carbocycles. The molecule has 0 radical (unpaired) electrons. The van der Waals surface area contributed by atoms with Gasteiger partial charge in [-0.2, -0.15) is 0 Å². The Balaban J connectivity index is 2.20. The maximum atomic E-state index is 12.4. The first-order chi connectivity index (χ1) is 11.3. The Morgan fingerprint density at radius 1 is 1.46 bits per heavy atom. The first-order valence-corrected chi connectivity index (χ1v) is 8.85. The highest BCUT2D eigenvalue weighted by Gasteiger charge is 2.37. The summed E-state index contributed by atoms with van der Waals surface area (Å²) in [4.78, 5) is 36.5. The lowest BCUT2D eigenvalue weighted by atomic mass is 10.2. The quantitative estimate of drug-likeness (QED) is 0.714. The summed E-state index contributed by atoms with van der Waals surface area (Å²) in [5, 5.41) is 8.36. The summed E-state index contributed by atoms with van der Waals surface area (Å²) in [6.07, 6.45) is 2.34. The van der Waals surface area contributed by atoms with Gasteiger partial charge in [-0.3, -0.25) is 14.5 Å². The van der Waals surface area contributed by atoms with Gasteiger partial charge >= 0.3 is 5.97 Å². The molecule has 1 fully saturated rings.